The normalized spacial score (nSPS) is 25.4. The summed E-state index contributed by atoms with van der Waals surface area (Å²) in [6.07, 6.45) is -13.0. The van der Waals surface area contributed by atoms with E-state index < -0.39 is 42.0 Å². The summed E-state index contributed by atoms with van der Waals surface area (Å²) < 4.78 is 88.3. The maximum Gasteiger partial charge on any atom is 0.427 e. The molecule has 1 N–H and O–H groups in total. The molecule has 1 rings (SSSR count). The fourth-order valence-corrected chi connectivity index (χ4v) is 2.07. The van der Waals surface area contributed by atoms with Crippen molar-refractivity contribution in [2.75, 3.05) is 0 Å². The van der Waals surface area contributed by atoms with Gasteiger partial charge in [0.25, 0.3) is 5.60 Å². The number of alkyl halides is 6. The molecule has 0 aromatic heterocycles. The Morgan fingerprint density at radius 1 is 1.22 bits per heavy atom. The quantitative estimate of drug-likeness (QED) is 0.617. The molecular formula is C10H9F7O. The first kappa shape index (κ1) is 15.0. The highest BCUT2D eigenvalue weighted by molar-refractivity contribution is 5.29. The van der Waals surface area contributed by atoms with Crippen molar-refractivity contribution in [2.24, 2.45) is 5.41 Å². The van der Waals surface area contributed by atoms with Crippen LogP contribution in [0.25, 0.3) is 0 Å². The Hall–Kier alpha value is -1.05. The molecule has 0 aromatic carbocycles. The zero-order valence-electron chi connectivity index (χ0n) is 8.87. The van der Waals surface area contributed by atoms with E-state index in [-0.39, 0.29) is 6.08 Å². The van der Waals surface area contributed by atoms with Crippen molar-refractivity contribution in [3.8, 4) is 0 Å². The van der Waals surface area contributed by atoms with Gasteiger partial charge in [-0.3, -0.25) is 0 Å². The maximum absolute atomic E-state index is 12.6. The second kappa shape index (κ2) is 3.97. The number of aliphatic hydroxyl groups is 1. The topological polar surface area (TPSA) is 20.2 Å². The van der Waals surface area contributed by atoms with Gasteiger partial charge in [-0.2, -0.15) is 26.3 Å². The summed E-state index contributed by atoms with van der Waals surface area (Å²) in [5.74, 6) is -1.12. The third-order valence-corrected chi connectivity index (χ3v) is 2.97. The van der Waals surface area contributed by atoms with Gasteiger partial charge in [-0.25, -0.2) is 4.39 Å². The summed E-state index contributed by atoms with van der Waals surface area (Å²) in [6.45, 7) is 3.03. The van der Waals surface area contributed by atoms with Gasteiger partial charge in [0, 0.05) is 11.8 Å². The zero-order valence-corrected chi connectivity index (χ0v) is 8.87. The maximum atomic E-state index is 12.6. The molecular weight excluding hydrogens is 269 g/mol. The predicted octanol–water partition coefficient (Wildman–Crippen LogP) is 3.66. The van der Waals surface area contributed by atoms with E-state index in [4.69, 9.17) is 0 Å². The number of halogens is 7. The molecule has 1 nitrogen and oxygen atoms in total. The van der Waals surface area contributed by atoms with Crippen molar-refractivity contribution in [3.63, 3.8) is 0 Å². The van der Waals surface area contributed by atoms with Gasteiger partial charge in [0.05, 0.1) is 5.83 Å². The van der Waals surface area contributed by atoms with Gasteiger partial charge >= 0.3 is 12.4 Å². The molecule has 1 aliphatic rings. The molecule has 104 valence electrons. The van der Waals surface area contributed by atoms with Crippen LogP contribution in [0.15, 0.2) is 24.6 Å². The number of rotatable bonds is 3. The first-order valence-electron chi connectivity index (χ1n) is 4.75. The van der Waals surface area contributed by atoms with E-state index in [9.17, 15) is 35.8 Å². The van der Waals surface area contributed by atoms with Crippen LogP contribution in [0, 0.1) is 5.41 Å². The number of hydrogen-bond acceptors (Lipinski definition) is 1. The van der Waals surface area contributed by atoms with Crippen LogP contribution < -0.4 is 0 Å². The monoisotopic (exact) mass is 278 g/mol. The van der Waals surface area contributed by atoms with Crippen LogP contribution in [0.5, 0.6) is 0 Å². The van der Waals surface area contributed by atoms with Crippen LogP contribution in [0.3, 0.4) is 0 Å². The molecule has 0 spiro atoms. The molecule has 0 radical (unpaired) electrons. The minimum absolute atomic E-state index is 0.162. The van der Waals surface area contributed by atoms with Crippen molar-refractivity contribution < 1.29 is 35.8 Å². The van der Waals surface area contributed by atoms with Gasteiger partial charge in [-0.05, 0) is 12.5 Å². The second-order valence-corrected chi connectivity index (χ2v) is 4.12. The molecule has 1 aliphatic carbocycles. The van der Waals surface area contributed by atoms with Crippen LogP contribution in [0.1, 0.15) is 12.8 Å². The van der Waals surface area contributed by atoms with Crippen molar-refractivity contribution in [2.45, 2.75) is 30.8 Å². The van der Waals surface area contributed by atoms with Gasteiger partial charge < -0.3 is 5.11 Å². The van der Waals surface area contributed by atoms with Crippen molar-refractivity contribution in [1.29, 1.82) is 0 Å². The van der Waals surface area contributed by atoms with E-state index in [2.05, 4.69) is 6.58 Å². The molecule has 18 heavy (non-hydrogen) atoms. The summed E-state index contributed by atoms with van der Waals surface area (Å²) >= 11 is 0. The molecule has 1 atom stereocenters. The molecule has 8 heteroatoms. The summed E-state index contributed by atoms with van der Waals surface area (Å²) in [4.78, 5) is 0. The van der Waals surface area contributed by atoms with E-state index in [1.807, 2.05) is 0 Å². The van der Waals surface area contributed by atoms with E-state index in [1.165, 1.54) is 0 Å². The third kappa shape index (κ3) is 1.82. The molecule has 0 aliphatic heterocycles. The first-order valence-corrected chi connectivity index (χ1v) is 4.75. The lowest BCUT2D eigenvalue weighted by atomic mass is 9.60. The molecule has 0 fully saturated rings. The lowest BCUT2D eigenvalue weighted by molar-refractivity contribution is -0.399. The molecule has 0 saturated carbocycles. The number of hydrogen-bond donors (Lipinski definition) is 1. The highest BCUT2D eigenvalue weighted by Gasteiger charge is 2.79. The van der Waals surface area contributed by atoms with Crippen molar-refractivity contribution in [3.05, 3.63) is 24.6 Å². The van der Waals surface area contributed by atoms with Crippen LogP contribution in [-0.4, -0.2) is 23.1 Å². The first-order chi connectivity index (χ1) is 7.91. The highest BCUT2D eigenvalue weighted by atomic mass is 19.4. The van der Waals surface area contributed by atoms with Crippen molar-refractivity contribution >= 4 is 0 Å². The SMILES string of the molecule is C=CCC1(C(O)(C(F)(F)F)C(F)(F)F)C=C(F)C1. The molecule has 0 saturated heterocycles. The number of allylic oxidation sites excluding steroid dienone is 2. The minimum Gasteiger partial charge on any atom is -0.373 e. The Labute approximate surface area is 97.6 Å². The van der Waals surface area contributed by atoms with E-state index in [0.717, 1.165) is 6.08 Å². The van der Waals surface area contributed by atoms with Crippen molar-refractivity contribution in [1.82, 2.24) is 0 Å². The van der Waals surface area contributed by atoms with Gasteiger partial charge in [-0.1, -0.05) is 6.08 Å². The van der Waals surface area contributed by atoms with Gasteiger partial charge in [-0.15, -0.1) is 6.58 Å². The van der Waals surface area contributed by atoms with E-state index in [1.54, 1.807) is 0 Å². The lowest BCUT2D eigenvalue weighted by Crippen LogP contribution is -2.68. The third-order valence-electron chi connectivity index (χ3n) is 2.97. The Bertz CT molecular complexity index is 365. The van der Waals surface area contributed by atoms with E-state index in [0.29, 0.717) is 0 Å². The molecule has 1 unspecified atom stereocenters. The predicted molar refractivity (Wildman–Crippen MR) is 48.1 cm³/mol. The van der Waals surface area contributed by atoms with Gasteiger partial charge in [0.1, 0.15) is 0 Å². The average molecular weight is 278 g/mol. The smallest absolute Gasteiger partial charge is 0.373 e. The summed E-state index contributed by atoms with van der Waals surface area (Å²) in [7, 11) is 0. The highest BCUT2D eigenvalue weighted by Crippen LogP contribution is 2.61. The summed E-state index contributed by atoms with van der Waals surface area (Å²) in [5, 5.41) is 9.19. The van der Waals surface area contributed by atoms with E-state index >= 15 is 0 Å². The van der Waals surface area contributed by atoms with Crippen LogP contribution in [-0.2, 0) is 0 Å². The summed E-state index contributed by atoms with van der Waals surface area (Å²) in [6, 6.07) is 0. The van der Waals surface area contributed by atoms with Gasteiger partial charge in [0.15, 0.2) is 0 Å². The fraction of sp³-hybridized carbons (Fsp3) is 0.600. The molecule has 0 heterocycles. The van der Waals surface area contributed by atoms with Crippen LogP contribution in [0.2, 0.25) is 0 Å². The zero-order chi connectivity index (χ0) is 14.4. The van der Waals surface area contributed by atoms with Gasteiger partial charge in [0.2, 0.25) is 0 Å². The minimum atomic E-state index is -5.97. The van der Waals surface area contributed by atoms with Crippen LogP contribution in [0.4, 0.5) is 30.7 Å². The second-order valence-electron chi connectivity index (χ2n) is 4.12. The Morgan fingerprint density at radius 3 is 1.83 bits per heavy atom. The lowest BCUT2D eigenvalue weighted by Gasteiger charge is -2.49. The largest absolute Gasteiger partial charge is 0.427 e. The Morgan fingerprint density at radius 2 is 1.61 bits per heavy atom. The summed E-state index contributed by atoms with van der Waals surface area (Å²) in [5.41, 5.74) is -7.77. The molecule has 0 aromatic rings. The fourth-order valence-electron chi connectivity index (χ4n) is 2.07. The van der Waals surface area contributed by atoms with Crippen LogP contribution >= 0.6 is 0 Å². The molecule has 0 amide bonds. The Kier molecular flexibility index (Phi) is 3.31. The Balaban J connectivity index is 3.41. The molecule has 0 bridgehead atoms. The average Bonchev–Trinajstić information content (AvgIpc) is 2.10. The standard InChI is InChI=1S/C10H9F7O/c1-2-3-7(4-6(11)5-7)8(18,9(12,13)14)10(15,16)17/h2,4,18H,1,3,5H2.